The standard InChI is InChI=1S/C13H15N5OS/c1-19-12-15-11(18-14)16-13(17-12)20-10-6-5-8-3-2-4-9(8)7-10/h5-7H,2-4,14H2,1H3,(H,15,16,17,18). The maximum absolute atomic E-state index is 5.34. The van der Waals surface area contributed by atoms with Gasteiger partial charge in [-0.05, 0) is 54.3 Å². The van der Waals surface area contributed by atoms with E-state index in [1.54, 1.807) is 0 Å². The van der Waals surface area contributed by atoms with Crippen LogP contribution in [0.3, 0.4) is 0 Å². The lowest BCUT2D eigenvalue weighted by atomic mass is 10.1. The number of anilines is 1. The zero-order valence-electron chi connectivity index (χ0n) is 11.1. The van der Waals surface area contributed by atoms with Gasteiger partial charge in [0, 0.05) is 4.90 Å². The van der Waals surface area contributed by atoms with Crippen molar-refractivity contribution in [1.29, 1.82) is 0 Å². The summed E-state index contributed by atoms with van der Waals surface area (Å²) in [7, 11) is 1.51. The molecular weight excluding hydrogens is 274 g/mol. The lowest BCUT2D eigenvalue weighted by Crippen LogP contribution is -2.12. The molecule has 0 radical (unpaired) electrons. The topological polar surface area (TPSA) is 86.0 Å². The molecule has 0 bridgehead atoms. The van der Waals surface area contributed by atoms with Gasteiger partial charge in [-0.15, -0.1) is 0 Å². The monoisotopic (exact) mass is 289 g/mol. The van der Waals surface area contributed by atoms with Gasteiger partial charge in [0.25, 0.3) is 0 Å². The van der Waals surface area contributed by atoms with Crippen LogP contribution in [-0.2, 0) is 12.8 Å². The molecule has 3 rings (SSSR count). The number of nitrogens with one attached hydrogen (secondary N) is 1. The largest absolute Gasteiger partial charge is 0.467 e. The molecule has 104 valence electrons. The average Bonchev–Trinajstić information content (AvgIpc) is 2.94. The Labute approximate surface area is 121 Å². The quantitative estimate of drug-likeness (QED) is 0.655. The molecule has 0 atom stereocenters. The van der Waals surface area contributed by atoms with Gasteiger partial charge >= 0.3 is 6.01 Å². The third kappa shape index (κ3) is 2.68. The molecule has 2 aromatic rings. The van der Waals surface area contributed by atoms with E-state index < -0.39 is 0 Å². The van der Waals surface area contributed by atoms with Crippen LogP contribution in [0.2, 0.25) is 0 Å². The highest BCUT2D eigenvalue weighted by Gasteiger charge is 2.13. The van der Waals surface area contributed by atoms with Gasteiger partial charge in [-0.2, -0.15) is 15.0 Å². The summed E-state index contributed by atoms with van der Waals surface area (Å²) in [5.74, 6) is 5.63. The Kier molecular flexibility index (Phi) is 3.70. The van der Waals surface area contributed by atoms with E-state index in [0.717, 1.165) is 11.3 Å². The molecule has 1 aromatic heterocycles. The number of rotatable bonds is 4. The van der Waals surface area contributed by atoms with E-state index in [2.05, 4.69) is 38.6 Å². The number of hydrazine groups is 1. The summed E-state index contributed by atoms with van der Waals surface area (Å²) in [6, 6.07) is 6.74. The summed E-state index contributed by atoms with van der Waals surface area (Å²) in [6.45, 7) is 0. The van der Waals surface area contributed by atoms with Gasteiger partial charge in [0.2, 0.25) is 11.1 Å². The number of hydrogen-bond acceptors (Lipinski definition) is 7. The Hall–Kier alpha value is -1.86. The van der Waals surface area contributed by atoms with Gasteiger partial charge in [-0.25, -0.2) is 5.84 Å². The molecule has 0 spiro atoms. The molecular formula is C13H15N5OS. The number of nitrogen functional groups attached to an aromatic ring is 1. The van der Waals surface area contributed by atoms with Crippen molar-refractivity contribution in [3.8, 4) is 6.01 Å². The van der Waals surface area contributed by atoms with Gasteiger partial charge in [-0.3, -0.25) is 5.43 Å². The Morgan fingerprint density at radius 3 is 2.85 bits per heavy atom. The van der Waals surface area contributed by atoms with E-state index in [4.69, 9.17) is 10.6 Å². The first-order chi connectivity index (χ1) is 9.78. The van der Waals surface area contributed by atoms with Gasteiger partial charge < -0.3 is 4.74 Å². The summed E-state index contributed by atoms with van der Waals surface area (Å²) in [5.41, 5.74) is 5.29. The molecule has 6 nitrogen and oxygen atoms in total. The van der Waals surface area contributed by atoms with Gasteiger partial charge in [0.1, 0.15) is 0 Å². The highest BCUT2D eigenvalue weighted by Crippen LogP contribution is 2.31. The van der Waals surface area contributed by atoms with Crippen LogP contribution in [0, 0.1) is 0 Å². The molecule has 20 heavy (non-hydrogen) atoms. The minimum atomic E-state index is 0.247. The van der Waals surface area contributed by atoms with Crippen molar-refractivity contribution in [2.45, 2.75) is 29.3 Å². The second kappa shape index (κ2) is 5.64. The normalized spacial score (nSPS) is 13.1. The fourth-order valence-corrected chi connectivity index (χ4v) is 3.06. The maximum atomic E-state index is 5.34. The molecule has 3 N–H and O–H groups in total. The van der Waals surface area contributed by atoms with E-state index in [1.165, 1.54) is 42.8 Å². The Bertz CT molecular complexity index is 612. The van der Waals surface area contributed by atoms with Gasteiger partial charge in [0.05, 0.1) is 7.11 Å². The van der Waals surface area contributed by atoms with E-state index in [0.29, 0.717) is 11.1 Å². The SMILES string of the molecule is COc1nc(NN)nc(Sc2ccc3c(c2)CCC3)n1. The third-order valence-corrected chi connectivity index (χ3v) is 4.04. The second-order valence-electron chi connectivity index (χ2n) is 4.46. The number of aryl methyl sites for hydroxylation is 2. The maximum Gasteiger partial charge on any atom is 0.322 e. The van der Waals surface area contributed by atoms with Gasteiger partial charge in [0.15, 0.2) is 0 Å². The fourth-order valence-electron chi connectivity index (χ4n) is 2.26. The van der Waals surface area contributed by atoms with Crippen molar-refractivity contribution in [1.82, 2.24) is 15.0 Å². The lowest BCUT2D eigenvalue weighted by Gasteiger charge is -2.06. The van der Waals surface area contributed by atoms with Crippen LogP contribution in [0.4, 0.5) is 5.95 Å². The Morgan fingerprint density at radius 2 is 2.05 bits per heavy atom. The molecule has 1 aliphatic rings. The van der Waals surface area contributed by atoms with Crippen LogP contribution < -0.4 is 16.0 Å². The molecule has 0 aliphatic heterocycles. The highest BCUT2D eigenvalue weighted by molar-refractivity contribution is 7.99. The molecule has 7 heteroatoms. The van der Waals surface area contributed by atoms with Crippen molar-refractivity contribution in [3.63, 3.8) is 0 Å². The fraction of sp³-hybridized carbons (Fsp3) is 0.308. The zero-order valence-corrected chi connectivity index (χ0v) is 11.9. The first-order valence-electron chi connectivity index (χ1n) is 6.35. The van der Waals surface area contributed by atoms with Crippen molar-refractivity contribution in [2.75, 3.05) is 12.5 Å². The van der Waals surface area contributed by atoms with Crippen LogP contribution in [0.15, 0.2) is 28.3 Å². The minimum Gasteiger partial charge on any atom is -0.467 e. The number of benzene rings is 1. The predicted octanol–water partition coefficient (Wildman–Crippen LogP) is 1.81. The number of fused-ring (bicyclic) bond motifs is 1. The number of nitrogens with two attached hydrogens (primary N) is 1. The van der Waals surface area contributed by atoms with Crippen LogP contribution in [0.1, 0.15) is 17.5 Å². The Morgan fingerprint density at radius 1 is 1.20 bits per heavy atom. The lowest BCUT2D eigenvalue weighted by molar-refractivity contribution is 0.373. The molecule has 0 saturated heterocycles. The Balaban J connectivity index is 1.87. The number of hydrogen-bond donors (Lipinski definition) is 2. The van der Waals surface area contributed by atoms with Gasteiger partial charge in [-0.1, -0.05) is 6.07 Å². The first kappa shape index (κ1) is 13.1. The van der Waals surface area contributed by atoms with E-state index in [9.17, 15) is 0 Å². The summed E-state index contributed by atoms with van der Waals surface area (Å²) in [4.78, 5) is 13.5. The molecule has 1 aliphatic carbocycles. The molecule has 1 aromatic carbocycles. The van der Waals surface area contributed by atoms with Crippen molar-refractivity contribution in [2.24, 2.45) is 5.84 Å². The summed E-state index contributed by atoms with van der Waals surface area (Å²) in [5, 5.41) is 0.558. The average molecular weight is 289 g/mol. The summed E-state index contributed by atoms with van der Waals surface area (Å²) < 4.78 is 5.04. The molecule has 0 amide bonds. The highest BCUT2D eigenvalue weighted by atomic mass is 32.2. The molecule has 1 heterocycles. The first-order valence-corrected chi connectivity index (χ1v) is 7.16. The third-order valence-electron chi connectivity index (χ3n) is 3.19. The van der Waals surface area contributed by atoms with Crippen LogP contribution in [0.5, 0.6) is 6.01 Å². The number of methoxy groups -OCH3 is 1. The summed E-state index contributed by atoms with van der Waals surface area (Å²) in [6.07, 6.45) is 3.57. The van der Waals surface area contributed by atoms with Crippen LogP contribution >= 0.6 is 11.8 Å². The smallest absolute Gasteiger partial charge is 0.322 e. The van der Waals surface area contributed by atoms with Crippen molar-refractivity contribution in [3.05, 3.63) is 29.3 Å². The van der Waals surface area contributed by atoms with Crippen molar-refractivity contribution >= 4 is 17.7 Å². The van der Waals surface area contributed by atoms with Crippen LogP contribution in [0.25, 0.3) is 0 Å². The zero-order chi connectivity index (χ0) is 13.9. The molecule has 0 fully saturated rings. The van der Waals surface area contributed by atoms with E-state index in [-0.39, 0.29) is 6.01 Å². The molecule has 0 saturated carbocycles. The van der Waals surface area contributed by atoms with Crippen LogP contribution in [-0.4, -0.2) is 22.1 Å². The number of nitrogens with zero attached hydrogens (tertiary/aromatic N) is 3. The number of aromatic nitrogens is 3. The van der Waals surface area contributed by atoms with E-state index >= 15 is 0 Å². The second-order valence-corrected chi connectivity index (χ2v) is 5.50. The van der Waals surface area contributed by atoms with Crippen molar-refractivity contribution < 1.29 is 4.74 Å². The summed E-state index contributed by atoms with van der Waals surface area (Å²) >= 11 is 1.47. The molecule has 0 unspecified atom stereocenters. The van der Waals surface area contributed by atoms with E-state index in [1.807, 2.05) is 0 Å². The predicted molar refractivity (Wildman–Crippen MR) is 76.8 cm³/mol. The number of ether oxygens (including phenoxy) is 1. The minimum absolute atomic E-state index is 0.247.